The Labute approximate surface area is 194 Å². The number of halogens is 1. The van der Waals surface area contributed by atoms with Gasteiger partial charge in [-0.3, -0.25) is 4.79 Å². The molecule has 0 spiro atoms. The Bertz CT molecular complexity index is 1170. The highest BCUT2D eigenvalue weighted by Crippen LogP contribution is 2.17. The predicted octanol–water partition coefficient (Wildman–Crippen LogP) is 1.65. The number of hydrogen-bond donors (Lipinski definition) is 2. The van der Waals surface area contributed by atoms with Crippen molar-refractivity contribution in [3.63, 3.8) is 0 Å². The molecule has 2 aromatic carbocycles. The lowest BCUT2D eigenvalue weighted by Gasteiger charge is -2.32. The van der Waals surface area contributed by atoms with Crippen molar-refractivity contribution in [1.29, 1.82) is 0 Å². The summed E-state index contributed by atoms with van der Waals surface area (Å²) in [6.45, 7) is 2.15. The minimum Gasteiger partial charge on any atom is -0.352 e. The first-order valence-corrected chi connectivity index (χ1v) is 13.8. The monoisotopic (exact) mass is 497 g/mol. The molecule has 1 amide bonds. The van der Waals surface area contributed by atoms with Gasteiger partial charge in [-0.2, -0.15) is 4.72 Å². The van der Waals surface area contributed by atoms with Crippen molar-refractivity contribution in [2.24, 2.45) is 0 Å². The van der Waals surface area contributed by atoms with Gasteiger partial charge in [0.1, 0.15) is 16.8 Å². The Hall–Kier alpha value is -2.34. The SMILES string of the molecule is CCS(=O)(=O)N1CCC(NC(=O)C(Cc2ccccc2)NS(=O)(=O)c2ccccc2F)CC1. The molecule has 180 valence electrons. The second-order valence-corrected chi connectivity index (χ2v) is 11.8. The fourth-order valence-electron chi connectivity index (χ4n) is 3.71. The molecule has 3 rings (SSSR count). The van der Waals surface area contributed by atoms with Crippen LogP contribution in [0.25, 0.3) is 0 Å². The lowest BCUT2D eigenvalue weighted by atomic mass is 10.0. The van der Waals surface area contributed by atoms with E-state index >= 15 is 0 Å². The van der Waals surface area contributed by atoms with Gasteiger partial charge in [0.15, 0.2) is 0 Å². The van der Waals surface area contributed by atoms with Crippen LogP contribution in [0.3, 0.4) is 0 Å². The first-order chi connectivity index (χ1) is 15.6. The third-order valence-electron chi connectivity index (χ3n) is 5.58. The first-order valence-electron chi connectivity index (χ1n) is 10.7. The van der Waals surface area contributed by atoms with Crippen LogP contribution < -0.4 is 10.0 Å². The maximum atomic E-state index is 14.1. The van der Waals surface area contributed by atoms with Crippen LogP contribution in [-0.2, 0) is 31.3 Å². The Kier molecular flexibility index (Phi) is 8.22. The molecule has 2 aromatic rings. The lowest BCUT2D eigenvalue weighted by Crippen LogP contribution is -2.53. The molecular weight excluding hydrogens is 469 g/mol. The summed E-state index contributed by atoms with van der Waals surface area (Å²) in [4.78, 5) is 12.5. The van der Waals surface area contributed by atoms with Crippen LogP contribution >= 0.6 is 0 Å². The molecule has 11 heteroatoms. The highest BCUT2D eigenvalue weighted by molar-refractivity contribution is 7.89. The molecule has 0 bridgehead atoms. The summed E-state index contributed by atoms with van der Waals surface area (Å²) in [7, 11) is -7.60. The highest BCUT2D eigenvalue weighted by Gasteiger charge is 2.31. The molecule has 33 heavy (non-hydrogen) atoms. The van der Waals surface area contributed by atoms with Crippen molar-refractivity contribution in [1.82, 2.24) is 14.3 Å². The van der Waals surface area contributed by atoms with Crippen LogP contribution in [0.4, 0.5) is 4.39 Å². The summed E-state index contributed by atoms with van der Waals surface area (Å²) in [5, 5.41) is 2.84. The Balaban J connectivity index is 1.74. The average Bonchev–Trinajstić information content (AvgIpc) is 2.79. The maximum absolute atomic E-state index is 14.1. The highest BCUT2D eigenvalue weighted by atomic mass is 32.2. The molecule has 1 aliphatic rings. The van der Waals surface area contributed by atoms with Crippen molar-refractivity contribution in [3.8, 4) is 0 Å². The number of hydrogen-bond acceptors (Lipinski definition) is 5. The third kappa shape index (κ3) is 6.59. The second-order valence-electron chi connectivity index (χ2n) is 7.88. The van der Waals surface area contributed by atoms with Crippen molar-refractivity contribution in [2.45, 2.75) is 43.2 Å². The number of carbonyl (C=O) groups excluding carboxylic acids is 1. The minimum absolute atomic E-state index is 0.0149. The second kappa shape index (κ2) is 10.7. The largest absolute Gasteiger partial charge is 0.352 e. The van der Waals surface area contributed by atoms with Crippen LogP contribution in [0.15, 0.2) is 59.5 Å². The van der Waals surface area contributed by atoms with E-state index in [4.69, 9.17) is 0 Å². The molecule has 1 fully saturated rings. The van der Waals surface area contributed by atoms with E-state index in [1.165, 1.54) is 16.4 Å². The number of carbonyl (C=O) groups is 1. The van der Waals surface area contributed by atoms with Gasteiger partial charge in [0, 0.05) is 19.1 Å². The molecule has 1 unspecified atom stereocenters. The van der Waals surface area contributed by atoms with E-state index in [0.29, 0.717) is 12.8 Å². The molecule has 1 atom stereocenters. The van der Waals surface area contributed by atoms with Crippen LogP contribution in [-0.4, -0.2) is 58.0 Å². The van der Waals surface area contributed by atoms with E-state index in [9.17, 15) is 26.0 Å². The van der Waals surface area contributed by atoms with Crippen molar-refractivity contribution in [2.75, 3.05) is 18.8 Å². The normalized spacial score (nSPS) is 16.9. The lowest BCUT2D eigenvalue weighted by molar-refractivity contribution is -0.123. The first kappa shape index (κ1) is 25.3. The number of benzene rings is 2. The van der Waals surface area contributed by atoms with Gasteiger partial charge >= 0.3 is 0 Å². The average molecular weight is 498 g/mol. The molecule has 0 saturated carbocycles. The maximum Gasteiger partial charge on any atom is 0.244 e. The van der Waals surface area contributed by atoms with Gasteiger partial charge < -0.3 is 5.32 Å². The molecule has 1 heterocycles. The standard InChI is InChI=1S/C22H28FN3O5S2/c1-2-32(28,29)26-14-12-18(13-15-26)24-22(27)20(16-17-8-4-3-5-9-17)25-33(30,31)21-11-7-6-10-19(21)23/h3-11,18,20,25H,2,12-16H2,1H3,(H,24,27). The van der Waals surface area contributed by atoms with Gasteiger partial charge in [-0.25, -0.2) is 25.5 Å². The van der Waals surface area contributed by atoms with Crippen LogP contribution in [0.5, 0.6) is 0 Å². The zero-order valence-corrected chi connectivity index (χ0v) is 19.9. The van der Waals surface area contributed by atoms with Gasteiger partial charge in [-0.15, -0.1) is 0 Å². The third-order valence-corrected chi connectivity index (χ3v) is 8.97. The van der Waals surface area contributed by atoms with Gasteiger partial charge in [0.2, 0.25) is 26.0 Å². The fraction of sp³-hybridized carbons (Fsp3) is 0.409. The number of nitrogens with zero attached hydrogens (tertiary/aromatic N) is 1. The molecule has 0 radical (unpaired) electrons. The van der Waals surface area contributed by atoms with E-state index < -0.39 is 42.7 Å². The summed E-state index contributed by atoms with van der Waals surface area (Å²) in [5.41, 5.74) is 0.734. The van der Waals surface area contributed by atoms with E-state index in [2.05, 4.69) is 10.0 Å². The van der Waals surface area contributed by atoms with Gasteiger partial charge in [-0.05, 0) is 43.9 Å². The zero-order chi connectivity index (χ0) is 24.1. The van der Waals surface area contributed by atoms with Crippen LogP contribution in [0.1, 0.15) is 25.3 Å². The van der Waals surface area contributed by atoms with E-state index in [1.807, 2.05) is 0 Å². The Morgan fingerprint density at radius 1 is 1.03 bits per heavy atom. The summed E-state index contributed by atoms with van der Waals surface area (Å²) < 4.78 is 67.6. The van der Waals surface area contributed by atoms with Gasteiger partial charge in [0.25, 0.3) is 0 Å². The smallest absolute Gasteiger partial charge is 0.244 e. The molecule has 1 saturated heterocycles. The summed E-state index contributed by atoms with van der Waals surface area (Å²) in [5.74, 6) is -1.44. The quantitative estimate of drug-likeness (QED) is 0.547. The van der Waals surface area contributed by atoms with Crippen molar-refractivity contribution < 1.29 is 26.0 Å². The summed E-state index contributed by atoms with van der Waals surface area (Å²) in [6, 6.07) is 12.4. The van der Waals surface area contributed by atoms with Gasteiger partial charge in [-0.1, -0.05) is 42.5 Å². The summed E-state index contributed by atoms with van der Waals surface area (Å²) in [6.07, 6.45) is 0.912. The van der Waals surface area contributed by atoms with Gasteiger partial charge in [0.05, 0.1) is 5.75 Å². The molecule has 2 N–H and O–H groups in total. The zero-order valence-electron chi connectivity index (χ0n) is 18.3. The predicted molar refractivity (Wildman–Crippen MR) is 123 cm³/mol. The number of piperidine rings is 1. The molecule has 1 aliphatic heterocycles. The number of rotatable bonds is 9. The Morgan fingerprint density at radius 3 is 2.24 bits per heavy atom. The Morgan fingerprint density at radius 2 is 1.64 bits per heavy atom. The molecular formula is C22H28FN3O5S2. The van der Waals surface area contributed by atoms with E-state index in [0.717, 1.165) is 17.7 Å². The molecule has 0 aliphatic carbocycles. The minimum atomic E-state index is -4.30. The molecule has 8 nitrogen and oxygen atoms in total. The van der Waals surface area contributed by atoms with E-state index in [1.54, 1.807) is 37.3 Å². The fourth-order valence-corrected chi connectivity index (χ4v) is 6.12. The van der Waals surface area contributed by atoms with E-state index in [-0.39, 0.29) is 31.3 Å². The number of sulfonamides is 2. The van der Waals surface area contributed by atoms with Crippen molar-refractivity contribution in [3.05, 3.63) is 66.0 Å². The summed E-state index contributed by atoms with van der Waals surface area (Å²) >= 11 is 0. The molecule has 0 aromatic heterocycles. The van der Waals surface area contributed by atoms with Crippen LogP contribution in [0, 0.1) is 5.82 Å². The topological polar surface area (TPSA) is 113 Å². The number of amides is 1. The number of nitrogens with one attached hydrogen (secondary N) is 2. The van der Waals surface area contributed by atoms with Crippen molar-refractivity contribution >= 4 is 26.0 Å². The van der Waals surface area contributed by atoms with Crippen LogP contribution in [0.2, 0.25) is 0 Å².